The average Bonchev–Trinajstić information content (AvgIpc) is 2.72. The van der Waals surface area contributed by atoms with Crippen LogP contribution in [0.4, 0.5) is 0 Å². The van der Waals surface area contributed by atoms with E-state index in [1.165, 1.54) is 32.1 Å². The van der Waals surface area contributed by atoms with Gasteiger partial charge in [-0.2, -0.15) is 0 Å². The lowest BCUT2D eigenvalue weighted by atomic mass is 9.80. The third kappa shape index (κ3) is 3.72. The van der Waals surface area contributed by atoms with Crippen molar-refractivity contribution in [3.8, 4) is 0 Å². The van der Waals surface area contributed by atoms with Gasteiger partial charge in [0.15, 0.2) is 0 Å². The second kappa shape index (κ2) is 6.58. The lowest BCUT2D eigenvalue weighted by molar-refractivity contribution is -0.0264. The van der Waals surface area contributed by atoms with E-state index < -0.39 is 0 Å². The van der Waals surface area contributed by atoms with Gasteiger partial charge in [0.1, 0.15) is 0 Å². The average molecular weight is 227 g/mol. The molecule has 1 unspecified atom stereocenters. The monoisotopic (exact) mass is 227 g/mol. The topological polar surface area (TPSA) is 30.5 Å². The molecule has 2 fully saturated rings. The molecule has 0 spiro atoms. The minimum Gasteiger partial charge on any atom is -0.378 e. The van der Waals surface area contributed by atoms with Gasteiger partial charge in [0, 0.05) is 19.8 Å². The molecule has 1 saturated carbocycles. The van der Waals surface area contributed by atoms with E-state index in [1.54, 1.807) is 0 Å². The minimum atomic E-state index is 0.484. The molecule has 3 heteroatoms. The molecule has 1 aliphatic carbocycles. The van der Waals surface area contributed by atoms with Crippen LogP contribution in [0.5, 0.6) is 0 Å². The van der Waals surface area contributed by atoms with Gasteiger partial charge in [-0.25, -0.2) is 0 Å². The summed E-state index contributed by atoms with van der Waals surface area (Å²) < 4.78 is 11.1. The van der Waals surface area contributed by atoms with Crippen LogP contribution in [0.3, 0.4) is 0 Å². The molecular weight excluding hydrogens is 202 g/mol. The molecule has 1 atom stereocenters. The minimum absolute atomic E-state index is 0.484. The van der Waals surface area contributed by atoms with Crippen molar-refractivity contribution in [3.05, 3.63) is 0 Å². The third-order valence-corrected chi connectivity index (χ3v) is 3.72. The van der Waals surface area contributed by atoms with Crippen LogP contribution < -0.4 is 5.32 Å². The predicted molar refractivity (Wildman–Crippen MR) is 64.6 cm³/mol. The Bertz CT molecular complexity index is 186. The van der Waals surface area contributed by atoms with Gasteiger partial charge in [-0.3, -0.25) is 0 Å². The van der Waals surface area contributed by atoms with Crippen LogP contribution in [0.25, 0.3) is 0 Å². The summed E-state index contributed by atoms with van der Waals surface area (Å²) in [6.45, 7) is 6.10. The van der Waals surface area contributed by atoms with Gasteiger partial charge in [-0.15, -0.1) is 0 Å². The van der Waals surface area contributed by atoms with Crippen LogP contribution in [0.1, 0.15) is 39.0 Å². The van der Waals surface area contributed by atoms with Crippen molar-refractivity contribution < 1.29 is 9.47 Å². The van der Waals surface area contributed by atoms with Gasteiger partial charge in [-0.05, 0) is 51.5 Å². The van der Waals surface area contributed by atoms with E-state index in [-0.39, 0.29) is 0 Å². The first-order valence-electron chi connectivity index (χ1n) is 6.82. The lowest BCUT2D eigenvalue weighted by Gasteiger charge is -2.35. The van der Waals surface area contributed by atoms with Crippen molar-refractivity contribution in [2.24, 2.45) is 5.92 Å². The molecule has 1 heterocycles. The normalized spacial score (nSPS) is 33.9. The standard InChI is InChI=1S/C13H25NO2/c1-2-15-13-8-11(9-13)5-6-14-10-12-4-3-7-16-12/h11-14H,2-10H2,1H3. The van der Waals surface area contributed by atoms with Crippen LogP contribution in [0.2, 0.25) is 0 Å². The largest absolute Gasteiger partial charge is 0.378 e. The SMILES string of the molecule is CCOC1CC(CCNCC2CCCO2)C1. The summed E-state index contributed by atoms with van der Waals surface area (Å²) in [6, 6.07) is 0. The Morgan fingerprint density at radius 3 is 2.94 bits per heavy atom. The van der Waals surface area contributed by atoms with Crippen molar-refractivity contribution in [2.75, 3.05) is 26.3 Å². The van der Waals surface area contributed by atoms with E-state index in [0.717, 1.165) is 32.2 Å². The molecule has 0 aromatic carbocycles. The fourth-order valence-electron chi connectivity index (χ4n) is 2.66. The Kier molecular flexibility index (Phi) is 5.07. The fourth-order valence-corrected chi connectivity index (χ4v) is 2.66. The Labute approximate surface area is 98.9 Å². The Morgan fingerprint density at radius 1 is 1.38 bits per heavy atom. The van der Waals surface area contributed by atoms with Gasteiger partial charge in [0.25, 0.3) is 0 Å². The summed E-state index contributed by atoms with van der Waals surface area (Å²) in [7, 11) is 0. The van der Waals surface area contributed by atoms with E-state index >= 15 is 0 Å². The lowest BCUT2D eigenvalue weighted by Crippen LogP contribution is -2.34. The first-order chi connectivity index (χ1) is 7.88. The van der Waals surface area contributed by atoms with Crippen LogP contribution in [-0.4, -0.2) is 38.5 Å². The van der Waals surface area contributed by atoms with Crippen molar-refractivity contribution in [1.29, 1.82) is 0 Å². The van der Waals surface area contributed by atoms with Crippen LogP contribution in [0, 0.1) is 5.92 Å². The fraction of sp³-hybridized carbons (Fsp3) is 1.00. The molecule has 1 N–H and O–H groups in total. The van der Waals surface area contributed by atoms with Crippen LogP contribution in [0.15, 0.2) is 0 Å². The van der Waals surface area contributed by atoms with E-state index in [4.69, 9.17) is 9.47 Å². The summed E-state index contributed by atoms with van der Waals surface area (Å²) in [6.07, 6.45) is 7.38. The van der Waals surface area contributed by atoms with E-state index in [0.29, 0.717) is 12.2 Å². The van der Waals surface area contributed by atoms with Crippen molar-refractivity contribution >= 4 is 0 Å². The molecule has 16 heavy (non-hydrogen) atoms. The highest BCUT2D eigenvalue weighted by Crippen LogP contribution is 2.32. The maximum Gasteiger partial charge on any atom is 0.0700 e. The number of nitrogens with one attached hydrogen (secondary N) is 1. The molecule has 2 aliphatic rings. The molecule has 3 nitrogen and oxygen atoms in total. The molecule has 2 rings (SSSR count). The maximum absolute atomic E-state index is 5.57. The number of hydrogen-bond acceptors (Lipinski definition) is 3. The zero-order chi connectivity index (χ0) is 11.2. The van der Waals surface area contributed by atoms with Crippen molar-refractivity contribution in [1.82, 2.24) is 5.32 Å². The number of hydrogen-bond donors (Lipinski definition) is 1. The highest BCUT2D eigenvalue weighted by Gasteiger charge is 2.28. The zero-order valence-electron chi connectivity index (χ0n) is 10.4. The number of rotatable bonds is 7. The second-order valence-electron chi connectivity index (χ2n) is 5.04. The molecule has 94 valence electrons. The maximum atomic E-state index is 5.57. The smallest absolute Gasteiger partial charge is 0.0700 e. The molecule has 1 aliphatic heterocycles. The molecular formula is C13H25NO2. The summed E-state index contributed by atoms with van der Waals surface area (Å²) in [4.78, 5) is 0. The third-order valence-electron chi connectivity index (χ3n) is 3.72. The highest BCUT2D eigenvalue weighted by atomic mass is 16.5. The molecule has 0 bridgehead atoms. The molecule has 0 aromatic rings. The first kappa shape index (κ1) is 12.3. The van der Waals surface area contributed by atoms with Gasteiger partial charge >= 0.3 is 0 Å². The molecule has 0 radical (unpaired) electrons. The van der Waals surface area contributed by atoms with Gasteiger partial charge < -0.3 is 14.8 Å². The summed E-state index contributed by atoms with van der Waals surface area (Å²) >= 11 is 0. The molecule has 0 amide bonds. The molecule has 0 aromatic heterocycles. The van der Waals surface area contributed by atoms with E-state index in [1.807, 2.05) is 0 Å². The van der Waals surface area contributed by atoms with Gasteiger partial charge in [0.05, 0.1) is 12.2 Å². The van der Waals surface area contributed by atoms with Crippen LogP contribution in [-0.2, 0) is 9.47 Å². The van der Waals surface area contributed by atoms with E-state index in [9.17, 15) is 0 Å². The predicted octanol–water partition coefficient (Wildman–Crippen LogP) is 1.96. The summed E-state index contributed by atoms with van der Waals surface area (Å²) in [5.74, 6) is 0.897. The summed E-state index contributed by atoms with van der Waals surface area (Å²) in [5, 5.41) is 3.51. The quantitative estimate of drug-likeness (QED) is 0.674. The second-order valence-corrected chi connectivity index (χ2v) is 5.04. The van der Waals surface area contributed by atoms with Gasteiger partial charge in [-0.1, -0.05) is 0 Å². The van der Waals surface area contributed by atoms with E-state index in [2.05, 4.69) is 12.2 Å². The Morgan fingerprint density at radius 2 is 2.25 bits per heavy atom. The highest BCUT2D eigenvalue weighted by molar-refractivity contribution is 4.80. The van der Waals surface area contributed by atoms with Gasteiger partial charge in [0.2, 0.25) is 0 Å². The van der Waals surface area contributed by atoms with Crippen molar-refractivity contribution in [3.63, 3.8) is 0 Å². The Hall–Kier alpha value is -0.120. The summed E-state index contributed by atoms with van der Waals surface area (Å²) in [5.41, 5.74) is 0. The zero-order valence-corrected chi connectivity index (χ0v) is 10.4. The first-order valence-corrected chi connectivity index (χ1v) is 6.82. The van der Waals surface area contributed by atoms with Crippen LogP contribution >= 0.6 is 0 Å². The Balaban J connectivity index is 1.41. The molecule has 1 saturated heterocycles. The van der Waals surface area contributed by atoms with Crippen molar-refractivity contribution in [2.45, 2.75) is 51.2 Å². The number of ether oxygens (including phenoxy) is 2.